The summed E-state index contributed by atoms with van der Waals surface area (Å²) >= 11 is 5.67. The zero-order valence-electron chi connectivity index (χ0n) is 9.55. The average Bonchev–Trinajstić information content (AvgIpc) is 2.36. The molecule has 1 rings (SSSR count). The van der Waals surface area contributed by atoms with Gasteiger partial charge in [0.05, 0.1) is 11.5 Å². The second-order valence-corrected chi connectivity index (χ2v) is 3.59. The van der Waals surface area contributed by atoms with Crippen LogP contribution in [-0.4, -0.2) is 23.0 Å². The summed E-state index contributed by atoms with van der Waals surface area (Å²) < 4.78 is 4.66. The monoisotopic (exact) mass is 273 g/mol. The molecule has 1 atom stereocenters. The highest BCUT2D eigenvalue weighted by atomic mass is 35.5. The number of nitro groups is 1. The number of esters is 1. The fraction of sp³-hybridized carbons (Fsp3) is 0.300. The summed E-state index contributed by atoms with van der Waals surface area (Å²) in [5, 5.41) is 10.7. The van der Waals surface area contributed by atoms with Crippen LogP contribution in [0, 0.1) is 10.1 Å². The molecule has 1 aromatic rings. The molecule has 0 amide bonds. The molecule has 1 aromatic carbocycles. The van der Waals surface area contributed by atoms with Gasteiger partial charge in [-0.2, -0.15) is 0 Å². The lowest BCUT2D eigenvalue weighted by Crippen LogP contribution is -2.37. The molecule has 0 fully saturated rings. The summed E-state index contributed by atoms with van der Waals surface area (Å²) in [5.41, 5.74) is 3.87. The van der Waals surface area contributed by atoms with Gasteiger partial charge in [-0.05, 0) is 13.0 Å². The highest BCUT2D eigenvalue weighted by Gasteiger charge is 2.18. The number of ether oxygens (including phenoxy) is 1. The van der Waals surface area contributed by atoms with E-state index in [4.69, 9.17) is 11.6 Å². The number of hydrazine groups is 1. The lowest BCUT2D eigenvalue weighted by Gasteiger charge is -2.12. The maximum Gasteiger partial charge on any atom is 0.340 e. The van der Waals surface area contributed by atoms with E-state index in [0.29, 0.717) is 0 Å². The molecule has 8 heteroatoms. The number of benzene rings is 1. The summed E-state index contributed by atoms with van der Waals surface area (Å²) in [7, 11) is 0. The fourth-order valence-corrected chi connectivity index (χ4v) is 1.27. The van der Waals surface area contributed by atoms with Crippen LogP contribution in [-0.2, 0) is 9.53 Å². The third kappa shape index (κ3) is 3.86. The van der Waals surface area contributed by atoms with Gasteiger partial charge in [-0.15, -0.1) is 0 Å². The van der Waals surface area contributed by atoms with Gasteiger partial charge in [0, 0.05) is 6.07 Å². The molecule has 0 aliphatic rings. The number of nitrogens with one attached hydrogen (secondary N) is 2. The van der Waals surface area contributed by atoms with Crippen LogP contribution in [0.1, 0.15) is 6.92 Å². The normalized spacial score (nSPS) is 11.7. The molecule has 0 bridgehead atoms. The standard InChI is InChI=1S/C10H12ClN3O4/c1-2-18-10(15)9(11)13-12-7-5-3-4-6-8(7)14(16)17/h3-6,9,12-13H,2H2,1H3/t9-/m1/s1. The molecular formula is C10H12ClN3O4. The maximum absolute atomic E-state index is 11.2. The minimum atomic E-state index is -1.13. The Kier molecular flexibility index (Phi) is 5.34. The van der Waals surface area contributed by atoms with E-state index in [-0.39, 0.29) is 18.0 Å². The Hall–Kier alpha value is -1.86. The van der Waals surface area contributed by atoms with E-state index >= 15 is 0 Å². The maximum atomic E-state index is 11.2. The van der Waals surface area contributed by atoms with Gasteiger partial charge in [-0.3, -0.25) is 10.1 Å². The highest BCUT2D eigenvalue weighted by Crippen LogP contribution is 2.22. The number of rotatable bonds is 6. The predicted molar refractivity (Wildman–Crippen MR) is 66.1 cm³/mol. The topological polar surface area (TPSA) is 93.5 Å². The Morgan fingerprint density at radius 3 is 2.83 bits per heavy atom. The molecular weight excluding hydrogens is 262 g/mol. The first kappa shape index (κ1) is 14.2. The number of nitro benzene ring substituents is 1. The number of hydrogen-bond donors (Lipinski definition) is 2. The number of nitrogens with zero attached hydrogens (tertiary/aromatic N) is 1. The molecule has 2 N–H and O–H groups in total. The lowest BCUT2D eigenvalue weighted by atomic mass is 10.3. The Balaban J connectivity index is 2.63. The van der Waals surface area contributed by atoms with Crippen LogP contribution >= 0.6 is 11.6 Å². The molecule has 0 aliphatic heterocycles. The minimum Gasteiger partial charge on any atom is -0.464 e. The highest BCUT2D eigenvalue weighted by molar-refractivity contribution is 6.29. The Labute approximate surface area is 108 Å². The van der Waals surface area contributed by atoms with Crippen molar-refractivity contribution in [3.63, 3.8) is 0 Å². The molecule has 7 nitrogen and oxygen atoms in total. The number of alkyl halides is 1. The van der Waals surface area contributed by atoms with Crippen LogP contribution in [0.4, 0.5) is 11.4 Å². The Bertz CT molecular complexity index is 441. The second kappa shape index (κ2) is 6.77. The number of anilines is 1. The van der Waals surface area contributed by atoms with Crippen molar-refractivity contribution in [3.8, 4) is 0 Å². The Morgan fingerprint density at radius 1 is 1.56 bits per heavy atom. The number of halogens is 1. The van der Waals surface area contributed by atoms with Gasteiger partial charge >= 0.3 is 5.97 Å². The van der Waals surface area contributed by atoms with Crippen molar-refractivity contribution in [1.29, 1.82) is 0 Å². The van der Waals surface area contributed by atoms with Gasteiger partial charge in [0.2, 0.25) is 0 Å². The van der Waals surface area contributed by atoms with E-state index < -0.39 is 16.4 Å². The van der Waals surface area contributed by atoms with E-state index in [1.54, 1.807) is 13.0 Å². The van der Waals surface area contributed by atoms with Crippen molar-refractivity contribution >= 4 is 28.9 Å². The van der Waals surface area contributed by atoms with Crippen molar-refractivity contribution in [2.24, 2.45) is 0 Å². The first-order valence-corrected chi connectivity index (χ1v) is 5.55. The molecule has 18 heavy (non-hydrogen) atoms. The summed E-state index contributed by atoms with van der Waals surface area (Å²) in [6, 6.07) is 5.97. The van der Waals surface area contributed by atoms with Gasteiger partial charge in [-0.25, -0.2) is 10.2 Å². The van der Waals surface area contributed by atoms with Crippen molar-refractivity contribution in [3.05, 3.63) is 34.4 Å². The molecule has 0 heterocycles. The molecule has 0 aliphatic carbocycles. The van der Waals surface area contributed by atoms with E-state index in [0.717, 1.165) is 0 Å². The summed E-state index contributed by atoms with van der Waals surface area (Å²) in [6.07, 6.45) is 0. The van der Waals surface area contributed by atoms with E-state index in [2.05, 4.69) is 15.6 Å². The van der Waals surface area contributed by atoms with Crippen LogP contribution in [0.5, 0.6) is 0 Å². The van der Waals surface area contributed by atoms with Crippen molar-refractivity contribution in [1.82, 2.24) is 5.43 Å². The van der Waals surface area contributed by atoms with Gasteiger partial charge in [0.15, 0.2) is 5.50 Å². The predicted octanol–water partition coefficient (Wildman–Crippen LogP) is 1.64. The average molecular weight is 274 g/mol. The molecule has 0 spiro atoms. The summed E-state index contributed by atoms with van der Waals surface area (Å²) in [4.78, 5) is 21.4. The van der Waals surface area contributed by atoms with E-state index in [1.165, 1.54) is 18.2 Å². The van der Waals surface area contributed by atoms with E-state index in [9.17, 15) is 14.9 Å². The number of hydrogen-bond acceptors (Lipinski definition) is 6. The quantitative estimate of drug-likeness (QED) is 0.269. The van der Waals surface area contributed by atoms with Crippen LogP contribution < -0.4 is 10.9 Å². The van der Waals surface area contributed by atoms with Gasteiger partial charge in [0.1, 0.15) is 5.69 Å². The van der Waals surface area contributed by atoms with Gasteiger partial charge in [0.25, 0.3) is 5.69 Å². The van der Waals surface area contributed by atoms with Crippen LogP contribution in [0.15, 0.2) is 24.3 Å². The lowest BCUT2D eigenvalue weighted by molar-refractivity contribution is -0.384. The Morgan fingerprint density at radius 2 is 2.22 bits per heavy atom. The number of para-hydroxylation sites is 2. The van der Waals surface area contributed by atoms with Crippen molar-refractivity contribution in [2.75, 3.05) is 12.0 Å². The fourth-order valence-electron chi connectivity index (χ4n) is 1.15. The van der Waals surface area contributed by atoms with Crippen LogP contribution in [0.25, 0.3) is 0 Å². The van der Waals surface area contributed by atoms with Crippen LogP contribution in [0.3, 0.4) is 0 Å². The summed E-state index contributed by atoms with van der Waals surface area (Å²) in [5.74, 6) is -0.662. The van der Waals surface area contributed by atoms with Gasteiger partial charge < -0.3 is 10.2 Å². The molecule has 98 valence electrons. The van der Waals surface area contributed by atoms with Crippen molar-refractivity contribution < 1.29 is 14.5 Å². The first-order chi connectivity index (χ1) is 8.56. The molecule has 0 radical (unpaired) electrons. The first-order valence-electron chi connectivity index (χ1n) is 5.12. The number of carbonyl (C=O) groups is 1. The number of carbonyl (C=O) groups excluding carboxylic acids is 1. The molecule has 0 unspecified atom stereocenters. The molecule has 0 aromatic heterocycles. The SMILES string of the molecule is CCOC(=O)[C@H](Cl)NNc1ccccc1[N+](=O)[O-]. The molecule has 0 saturated heterocycles. The minimum absolute atomic E-state index is 0.127. The third-order valence-electron chi connectivity index (χ3n) is 1.93. The van der Waals surface area contributed by atoms with E-state index in [1.807, 2.05) is 0 Å². The molecule has 0 saturated carbocycles. The summed E-state index contributed by atoms with van der Waals surface area (Å²) in [6.45, 7) is 1.85. The largest absolute Gasteiger partial charge is 0.464 e. The second-order valence-electron chi connectivity index (χ2n) is 3.16. The van der Waals surface area contributed by atoms with Crippen molar-refractivity contribution in [2.45, 2.75) is 12.4 Å². The van der Waals surface area contributed by atoms with Gasteiger partial charge in [-0.1, -0.05) is 23.7 Å². The third-order valence-corrected chi connectivity index (χ3v) is 2.22. The zero-order valence-corrected chi connectivity index (χ0v) is 10.3. The zero-order chi connectivity index (χ0) is 13.5. The van der Waals surface area contributed by atoms with Crippen LogP contribution in [0.2, 0.25) is 0 Å². The smallest absolute Gasteiger partial charge is 0.340 e.